The number of nitrogens with zero attached hydrogens (tertiary/aromatic N) is 1. The Labute approximate surface area is 150 Å². The third-order valence-electron chi connectivity index (χ3n) is 3.77. The highest BCUT2D eigenvalue weighted by Gasteiger charge is 2.31. The first-order valence-corrected chi connectivity index (χ1v) is 8.69. The molecule has 0 bridgehead atoms. The van der Waals surface area contributed by atoms with Crippen molar-refractivity contribution in [2.75, 3.05) is 26.7 Å². The van der Waals surface area contributed by atoms with Gasteiger partial charge in [0.1, 0.15) is 6.54 Å². The predicted octanol–water partition coefficient (Wildman–Crippen LogP) is 1.38. The van der Waals surface area contributed by atoms with E-state index in [0.29, 0.717) is 19.5 Å². The summed E-state index contributed by atoms with van der Waals surface area (Å²) in [5.41, 5.74) is -0.140. The van der Waals surface area contributed by atoms with Crippen LogP contribution in [0.4, 0.5) is 13.2 Å². The standard InChI is InChI=1S/C14H18F3N3O3S.ClH/c1-20(11-5-6-18-8-11)24(22,23)12-4-2-3-10(7-12)13(21)19-9-14(15,16)17;/h2-4,7,11,18H,5-6,8-9H2,1H3,(H,19,21);1H. The van der Waals surface area contributed by atoms with E-state index in [9.17, 15) is 26.4 Å². The lowest BCUT2D eigenvalue weighted by atomic mass is 10.2. The van der Waals surface area contributed by atoms with Gasteiger partial charge >= 0.3 is 6.18 Å². The molecular formula is C14H19ClF3N3O3S. The van der Waals surface area contributed by atoms with Gasteiger partial charge in [-0.05, 0) is 31.2 Å². The molecule has 1 aromatic carbocycles. The molecule has 0 saturated carbocycles. The van der Waals surface area contributed by atoms with Gasteiger partial charge in [-0.3, -0.25) is 4.79 Å². The van der Waals surface area contributed by atoms with E-state index in [0.717, 1.165) is 6.07 Å². The zero-order valence-electron chi connectivity index (χ0n) is 13.3. The van der Waals surface area contributed by atoms with Crippen molar-refractivity contribution in [3.63, 3.8) is 0 Å². The van der Waals surface area contributed by atoms with Crippen LogP contribution in [0.3, 0.4) is 0 Å². The van der Waals surface area contributed by atoms with Crippen LogP contribution < -0.4 is 10.6 Å². The summed E-state index contributed by atoms with van der Waals surface area (Å²) in [5, 5.41) is 4.78. The number of sulfonamides is 1. The quantitative estimate of drug-likeness (QED) is 0.781. The van der Waals surface area contributed by atoms with Crippen molar-refractivity contribution in [1.29, 1.82) is 0 Å². The molecule has 1 atom stereocenters. The molecule has 2 rings (SSSR count). The summed E-state index contributed by atoms with van der Waals surface area (Å²) in [7, 11) is -2.38. The molecule has 1 aliphatic rings. The molecule has 1 aliphatic heterocycles. The number of hydrogen-bond acceptors (Lipinski definition) is 4. The maximum atomic E-state index is 12.6. The summed E-state index contributed by atoms with van der Waals surface area (Å²) in [6.45, 7) is -0.234. The summed E-state index contributed by atoms with van der Waals surface area (Å²) >= 11 is 0. The number of nitrogens with one attached hydrogen (secondary N) is 2. The largest absolute Gasteiger partial charge is 0.405 e. The Morgan fingerprint density at radius 2 is 2.08 bits per heavy atom. The van der Waals surface area contributed by atoms with Gasteiger partial charge < -0.3 is 10.6 Å². The molecule has 0 spiro atoms. The maximum absolute atomic E-state index is 12.6. The molecule has 11 heteroatoms. The minimum atomic E-state index is -4.53. The van der Waals surface area contributed by atoms with Gasteiger partial charge in [-0.1, -0.05) is 6.07 Å². The molecule has 1 fully saturated rings. The summed E-state index contributed by atoms with van der Waals surface area (Å²) < 4.78 is 62.9. The Bertz CT molecular complexity index is 707. The summed E-state index contributed by atoms with van der Waals surface area (Å²) in [4.78, 5) is 11.6. The van der Waals surface area contributed by atoms with Crippen molar-refractivity contribution >= 4 is 28.3 Å². The average Bonchev–Trinajstić information content (AvgIpc) is 3.05. The predicted molar refractivity (Wildman–Crippen MR) is 88.3 cm³/mol. The van der Waals surface area contributed by atoms with Crippen LogP contribution in [0.15, 0.2) is 29.2 Å². The maximum Gasteiger partial charge on any atom is 0.405 e. The fourth-order valence-corrected chi connectivity index (χ4v) is 3.82. The van der Waals surface area contributed by atoms with Gasteiger partial charge in [-0.2, -0.15) is 17.5 Å². The number of amides is 1. The Balaban J connectivity index is 0.00000312. The fraction of sp³-hybridized carbons (Fsp3) is 0.500. The van der Waals surface area contributed by atoms with E-state index in [4.69, 9.17) is 0 Å². The van der Waals surface area contributed by atoms with Crippen LogP contribution in [0.1, 0.15) is 16.8 Å². The monoisotopic (exact) mass is 401 g/mol. The minimum absolute atomic E-state index is 0. The first kappa shape index (κ1) is 21.7. The third kappa shape index (κ3) is 5.56. The number of carbonyl (C=O) groups is 1. The van der Waals surface area contributed by atoms with Gasteiger partial charge in [-0.25, -0.2) is 8.42 Å². The Morgan fingerprint density at radius 1 is 1.40 bits per heavy atom. The number of carbonyl (C=O) groups excluding carboxylic acids is 1. The minimum Gasteiger partial charge on any atom is -0.343 e. The van der Waals surface area contributed by atoms with E-state index < -0.39 is 28.7 Å². The summed E-state index contributed by atoms with van der Waals surface area (Å²) in [6, 6.07) is 4.80. The number of halogens is 4. The summed E-state index contributed by atoms with van der Waals surface area (Å²) in [5.74, 6) is -0.977. The Morgan fingerprint density at radius 3 is 2.64 bits per heavy atom. The molecule has 0 aromatic heterocycles. The van der Waals surface area contributed by atoms with Crippen LogP contribution in [0, 0.1) is 0 Å². The van der Waals surface area contributed by atoms with E-state index in [1.54, 1.807) is 5.32 Å². The van der Waals surface area contributed by atoms with Crippen molar-refractivity contribution in [3.05, 3.63) is 29.8 Å². The number of rotatable bonds is 5. The fourth-order valence-electron chi connectivity index (χ4n) is 2.39. The Hall–Kier alpha value is -1.36. The molecule has 2 N–H and O–H groups in total. The molecule has 1 saturated heterocycles. The van der Waals surface area contributed by atoms with Crippen molar-refractivity contribution in [2.24, 2.45) is 0 Å². The lowest BCUT2D eigenvalue weighted by Crippen LogP contribution is -2.38. The van der Waals surface area contributed by atoms with Crippen LogP contribution in [0.5, 0.6) is 0 Å². The van der Waals surface area contributed by atoms with Gasteiger partial charge in [0.05, 0.1) is 4.90 Å². The lowest BCUT2D eigenvalue weighted by molar-refractivity contribution is -0.123. The van der Waals surface area contributed by atoms with Gasteiger partial charge in [-0.15, -0.1) is 12.4 Å². The SMILES string of the molecule is CN(C1CCNC1)S(=O)(=O)c1cccc(C(=O)NCC(F)(F)F)c1.Cl. The summed E-state index contributed by atoms with van der Waals surface area (Å²) in [6.07, 6.45) is -3.86. The highest BCUT2D eigenvalue weighted by molar-refractivity contribution is 7.89. The molecule has 6 nitrogen and oxygen atoms in total. The van der Waals surface area contributed by atoms with Gasteiger partial charge in [0.15, 0.2) is 0 Å². The van der Waals surface area contributed by atoms with E-state index in [1.165, 1.54) is 29.6 Å². The zero-order chi connectivity index (χ0) is 18.0. The molecule has 1 unspecified atom stereocenters. The zero-order valence-corrected chi connectivity index (χ0v) is 15.0. The molecule has 0 aliphatic carbocycles. The van der Waals surface area contributed by atoms with Crippen LogP contribution in [0.2, 0.25) is 0 Å². The molecule has 142 valence electrons. The number of alkyl halides is 3. The molecule has 1 heterocycles. The first-order valence-electron chi connectivity index (χ1n) is 7.25. The van der Waals surface area contributed by atoms with Crippen molar-refractivity contribution < 1.29 is 26.4 Å². The normalized spacial score (nSPS) is 18.0. The van der Waals surface area contributed by atoms with Crippen LogP contribution in [-0.4, -0.2) is 57.5 Å². The molecule has 1 amide bonds. The van der Waals surface area contributed by atoms with E-state index in [1.807, 2.05) is 0 Å². The molecule has 0 radical (unpaired) electrons. The van der Waals surface area contributed by atoms with Crippen LogP contribution >= 0.6 is 12.4 Å². The second kappa shape index (κ2) is 8.35. The molecule has 1 aromatic rings. The van der Waals surface area contributed by atoms with Crippen molar-refractivity contribution in [2.45, 2.75) is 23.5 Å². The molecule has 25 heavy (non-hydrogen) atoms. The Kier molecular flexibility index (Phi) is 7.24. The molecular weight excluding hydrogens is 383 g/mol. The lowest BCUT2D eigenvalue weighted by Gasteiger charge is -2.23. The second-order valence-electron chi connectivity index (χ2n) is 5.49. The van der Waals surface area contributed by atoms with Crippen molar-refractivity contribution in [3.8, 4) is 0 Å². The van der Waals surface area contributed by atoms with Crippen LogP contribution in [-0.2, 0) is 10.0 Å². The van der Waals surface area contributed by atoms with E-state index in [-0.39, 0.29) is 28.9 Å². The first-order chi connectivity index (χ1) is 11.1. The van der Waals surface area contributed by atoms with Crippen molar-refractivity contribution in [1.82, 2.24) is 14.9 Å². The van der Waals surface area contributed by atoms with Gasteiger partial charge in [0.2, 0.25) is 10.0 Å². The van der Waals surface area contributed by atoms with E-state index in [2.05, 4.69) is 5.32 Å². The third-order valence-corrected chi connectivity index (χ3v) is 5.68. The van der Waals surface area contributed by atoms with Gasteiger partial charge in [0.25, 0.3) is 5.91 Å². The average molecular weight is 402 g/mol. The second-order valence-corrected chi connectivity index (χ2v) is 7.49. The number of benzene rings is 1. The number of hydrogen-bond donors (Lipinski definition) is 2. The number of likely N-dealkylation sites (N-methyl/N-ethyl adjacent to an activating group) is 1. The highest BCUT2D eigenvalue weighted by atomic mass is 35.5. The van der Waals surface area contributed by atoms with Crippen LogP contribution in [0.25, 0.3) is 0 Å². The van der Waals surface area contributed by atoms with Gasteiger partial charge in [0, 0.05) is 25.2 Å². The topological polar surface area (TPSA) is 78.5 Å². The smallest absolute Gasteiger partial charge is 0.343 e. The van der Waals surface area contributed by atoms with E-state index >= 15 is 0 Å². The highest BCUT2D eigenvalue weighted by Crippen LogP contribution is 2.20.